The SMILES string of the molecule is Cc1cc(C(=O)Nc2cccc([N+](=O)[O-])c2)ccc1N. The number of anilines is 2. The van der Waals surface area contributed by atoms with Gasteiger partial charge >= 0.3 is 0 Å². The fraction of sp³-hybridized carbons (Fsp3) is 0.0714. The second kappa shape index (κ2) is 5.40. The van der Waals surface area contributed by atoms with Gasteiger partial charge in [-0.2, -0.15) is 0 Å². The van der Waals surface area contributed by atoms with E-state index in [1.807, 2.05) is 0 Å². The van der Waals surface area contributed by atoms with E-state index in [-0.39, 0.29) is 11.6 Å². The van der Waals surface area contributed by atoms with Gasteiger partial charge in [-0.05, 0) is 36.8 Å². The van der Waals surface area contributed by atoms with Crippen LogP contribution in [0.5, 0.6) is 0 Å². The Balaban J connectivity index is 2.21. The maximum atomic E-state index is 12.0. The number of hydrogen-bond acceptors (Lipinski definition) is 4. The van der Waals surface area contributed by atoms with E-state index in [0.29, 0.717) is 16.9 Å². The Morgan fingerprint density at radius 2 is 2.00 bits per heavy atom. The van der Waals surface area contributed by atoms with Crippen molar-refractivity contribution in [1.29, 1.82) is 0 Å². The number of carbonyl (C=O) groups is 1. The molecule has 0 fully saturated rings. The van der Waals surface area contributed by atoms with Crippen LogP contribution in [-0.2, 0) is 0 Å². The van der Waals surface area contributed by atoms with Crippen molar-refractivity contribution in [2.75, 3.05) is 11.1 Å². The van der Waals surface area contributed by atoms with Crippen molar-refractivity contribution in [1.82, 2.24) is 0 Å². The van der Waals surface area contributed by atoms with Gasteiger partial charge in [-0.3, -0.25) is 14.9 Å². The first kappa shape index (κ1) is 13.5. The van der Waals surface area contributed by atoms with Crippen LogP contribution < -0.4 is 11.1 Å². The number of benzene rings is 2. The summed E-state index contributed by atoms with van der Waals surface area (Å²) in [6.45, 7) is 1.81. The van der Waals surface area contributed by atoms with Crippen LogP contribution >= 0.6 is 0 Å². The Morgan fingerprint density at radius 3 is 2.65 bits per heavy atom. The van der Waals surface area contributed by atoms with Gasteiger partial charge in [-0.25, -0.2) is 0 Å². The molecule has 2 aromatic rings. The second-order valence-corrected chi connectivity index (χ2v) is 4.33. The lowest BCUT2D eigenvalue weighted by molar-refractivity contribution is -0.384. The summed E-state index contributed by atoms with van der Waals surface area (Å²) in [7, 11) is 0. The molecule has 0 radical (unpaired) electrons. The number of nitrogen functional groups attached to an aromatic ring is 1. The Labute approximate surface area is 115 Å². The van der Waals surface area contributed by atoms with Crippen LogP contribution in [0.25, 0.3) is 0 Å². The lowest BCUT2D eigenvalue weighted by Crippen LogP contribution is -2.12. The summed E-state index contributed by atoms with van der Waals surface area (Å²) in [4.78, 5) is 22.2. The minimum Gasteiger partial charge on any atom is -0.399 e. The normalized spacial score (nSPS) is 10.1. The molecule has 0 unspecified atom stereocenters. The van der Waals surface area contributed by atoms with E-state index in [1.165, 1.54) is 18.2 Å². The van der Waals surface area contributed by atoms with E-state index < -0.39 is 4.92 Å². The van der Waals surface area contributed by atoms with E-state index in [0.717, 1.165) is 5.56 Å². The molecule has 0 aliphatic rings. The summed E-state index contributed by atoms with van der Waals surface area (Å²) in [5.74, 6) is -0.339. The number of non-ortho nitro benzene ring substituents is 1. The van der Waals surface area contributed by atoms with Crippen molar-refractivity contribution < 1.29 is 9.72 Å². The van der Waals surface area contributed by atoms with Crippen LogP contribution in [-0.4, -0.2) is 10.8 Å². The van der Waals surface area contributed by atoms with E-state index in [1.54, 1.807) is 31.2 Å². The molecule has 6 nitrogen and oxygen atoms in total. The maximum absolute atomic E-state index is 12.0. The maximum Gasteiger partial charge on any atom is 0.271 e. The highest BCUT2D eigenvalue weighted by Gasteiger charge is 2.10. The van der Waals surface area contributed by atoms with Gasteiger partial charge in [-0.1, -0.05) is 6.07 Å². The summed E-state index contributed by atoms with van der Waals surface area (Å²) in [5, 5.41) is 13.3. The number of nitrogens with two attached hydrogens (primary N) is 1. The number of nitrogens with one attached hydrogen (secondary N) is 1. The second-order valence-electron chi connectivity index (χ2n) is 4.33. The molecule has 0 aromatic heterocycles. The number of hydrogen-bond donors (Lipinski definition) is 2. The van der Waals surface area contributed by atoms with E-state index in [2.05, 4.69) is 5.32 Å². The molecule has 20 heavy (non-hydrogen) atoms. The number of amides is 1. The lowest BCUT2D eigenvalue weighted by Gasteiger charge is -2.07. The highest BCUT2D eigenvalue weighted by atomic mass is 16.6. The van der Waals surface area contributed by atoms with Gasteiger partial charge < -0.3 is 11.1 Å². The van der Waals surface area contributed by atoms with Crippen molar-refractivity contribution in [2.24, 2.45) is 0 Å². The number of nitro groups is 1. The molecule has 0 aliphatic carbocycles. The molecule has 1 amide bonds. The van der Waals surface area contributed by atoms with E-state index in [9.17, 15) is 14.9 Å². The van der Waals surface area contributed by atoms with Crippen LogP contribution in [0.3, 0.4) is 0 Å². The molecule has 0 atom stereocenters. The van der Waals surface area contributed by atoms with Crippen molar-refractivity contribution in [3.63, 3.8) is 0 Å². The average molecular weight is 271 g/mol. The van der Waals surface area contributed by atoms with Crippen LogP contribution in [0.2, 0.25) is 0 Å². The Kier molecular flexibility index (Phi) is 3.65. The van der Waals surface area contributed by atoms with Crippen molar-refractivity contribution in [2.45, 2.75) is 6.92 Å². The smallest absolute Gasteiger partial charge is 0.271 e. The first-order chi connectivity index (χ1) is 9.47. The fourth-order valence-electron chi connectivity index (χ4n) is 1.72. The van der Waals surface area contributed by atoms with Gasteiger partial charge in [0, 0.05) is 29.1 Å². The quantitative estimate of drug-likeness (QED) is 0.509. The van der Waals surface area contributed by atoms with Gasteiger partial charge in [0.2, 0.25) is 0 Å². The predicted octanol–water partition coefficient (Wildman–Crippen LogP) is 2.74. The zero-order valence-electron chi connectivity index (χ0n) is 10.8. The molecule has 0 aliphatic heterocycles. The molecule has 0 saturated heterocycles. The van der Waals surface area contributed by atoms with Crippen molar-refractivity contribution in [3.05, 3.63) is 63.7 Å². The first-order valence-corrected chi connectivity index (χ1v) is 5.89. The monoisotopic (exact) mass is 271 g/mol. The van der Waals surface area contributed by atoms with Crippen molar-refractivity contribution in [3.8, 4) is 0 Å². The van der Waals surface area contributed by atoms with Crippen molar-refractivity contribution >= 4 is 23.0 Å². The van der Waals surface area contributed by atoms with Gasteiger partial charge in [-0.15, -0.1) is 0 Å². The topological polar surface area (TPSA) is 98.3 Å². The number of nitro benzene ring substituents is 1. The largest absolute Gasteiger partial charge is 0.399 e. The zero-order valence-corrected chi connectivity index (χ0v) is 10.8. The van der Waals surface area contributed by atoms with Gasteiger partial charge in [0.1, 0.15) is 0 Å². The third-order valence-electron chi connectivity index (χ3n) is 2.85. The van der Waals surface area contributed by atoms with E-state index in [4.69, 9.17) is 5.73 Å². The molecule has 0 spiro atoms. The van der Waals surface area contributed by atoms with Crippen LogP contribution in [0.15, 0.2) is 42.5 Å². The van der Waals surface area contributed by atoms with Crippen LogP contribution in [0.4, 0.5) is 17.1 Å². The highest BCUT2D eigenvalue weighted by Crippen LogP contribution is 2.19. The molecule has 3 N–H and O–H groups in total. The van der Waals surface area contributed by atoms with Gasteiger partial charge in [0.15, 0.2) is 0 Å². The Bertz CT molecular complexity index is 683. The summed E-state index contributed by atoms with van der Waals surface area (Å²) in [5.41, 5.74) is 7.85. The third kappa shape index (κ3) is 2.92. The molecule has 6 heteroatoms. The summed E-state index contributed by atoms with van der Waals surface area (Å²) < 4.78 is 0. The highest BCUT2D eigenvalue weighted by molar-refractivity contribution is 6.04. The Hall–Kier alpha value is -2.89. The fourth-order valence-corrected chi connectivity index (χ4v) is 1.72. The molecule has 2 rings (SSSR count). The molecule has 0 bridgehead atoms. The summed E-state index contributed by atoms with van der Waals surface area (Å²) in [6.07, 6.45) is 0. The number of carbonyl (C=O) groups excluding carboxylic acids is 1. The zero-order chi connectivity index (χ0) is 14.7. The van der Waals surface area contributed by atoms with Gasteiger partial charge in [0.05, 0.1) is 4.92 Å². The minimum absolute atomic E-state index is 0.0729. The minimum atomic E-state index is -0.511. The number of aryl methyl sites for hydroxylation is 1. The molecular formula is C14H13N3O3. The van der Waals surface area contributed by atoms with Crippen LogP contribution in [0.1, 0.15) is 15.9 Å². The summed E-state index contributed by atoms with van der Waals surface area (Å²) >= 11 is 0. The average Bonchev–Trinajstić information content (AvgIpc) is 2.42. The predicted molar refractivity (Wildman–Crippen MR) is 76.6 cm³/mol. The summed E-state index contributed by atoms with van der Waals surface area (Å²) in [6, 6.07) is 10.7. The molecular weight excluding hydrogens is 258 g/mol. The van der Waals surface area contributed by atoms with E-state index >= 15 is 0 Å². The molecule has 2 aromatic carbocycles. The molecule has 102 valence electrons. The number of nitrogens with zero attached hydrogens (tertiary/aromatic N) is 1. The molecule has 0 saturated carbocycles. The first-order valence-electron chi connectivity index (χ1n) is 5.89. The van der Waals surface area contributed by atoms with Crippen LogP contribution in [0, 0.1) is 17.0 Å². The van der Waals surface area contributed by atoms with Gasteiger partial charge in [0.25, 0.3) is 11.6 Å². The lowest BCUT2D eigenvalue weighted by atomic mass is 10.1. The standard InChI is InChI=1S/C14H13N3O3/c1-9-7-10(5-6-13(9)15)14(18)16-11-3-2-4-12(8-11)17(19)20/h2-8H,15H2,1H3,(H,16,18). The Morgan fingerprint density at radius 1 is 1.25 bits per heavy atom. The molecule has 0 heterocycles. The third-order valence-corrected chi connectivity index (χ3v) is 2.85. The number of rotatable bonds is 3.